The lowest BCUT2D eigenvalue weighted by Gasteiger charge is -2.33. The molecule has 2 aromatic rings. The molecule has 9 heteroatoms. The van der Waals surface area contributed by atoms with Gasteiger partial charge in [0.05, 0.1) is 11.8 Å². The highest BCUT2D eigenvalue weighted by Gasteiger charge is 2.48. The maximum absolute atomic E-state index is 12.9. The molecule has 0 radical (unpaired) electrons. The summed E-state index contributed by atoms with van der Waals surface area (Å²) in [5, 5.41) is 7.73. The van der Waals surface area contributed by atoms with Gasteiger partial charge in [-0.25, -0.2) is 10.2 Å². The Morgan fingerprint density at radius 2 is 1.97 bits per heavy atom. The van der Waals surface area contributed by atoms with Gasteiger partial charge in [-0.3, -0.25) is 9.59 Å². The van der Waals surface area contributed by atoms with Gasteiger partial charge in [-0.05, 0) is 64.0 Å². The van der Waals surface area contributed by atoms with Gasteiger partial charge in [-0.2, -0.15) is 5.10 Å². The number of amides is 3. The molecule has 1 saturated carbocycles. The summed E-state index contributed by atoms with van der Waals surface area (Å²) >= 11 is 0. The molecular weight excluding hydrogens is 422 g/mol. The Morgan fingerprint density at radius 1 is 1.21 bits per heavy atom. The fourth-order valence-electron chi connectivity index (χ4n) is 4.98. The van der Waals surface area contributed by atoms with Crippen LogP contribution in [0.4, 0.5) is 10.5 Å². The summed E-state index contributed by atoms with van der Waals surface area (Å²) in [4.78, 5) is 42.5. The Kier molecular flexibility index (Phi) is 5.14. The molecule has 2 atom stereocenters. The summed E-state index contributed by atoms with van der Waals surface area (Å²) in [6, 6.07) is 3.56. The number of anilines is 1. The topological polar surface area (TPSA) is 116 Å². The molecule has 3 aliphatic rings. The molecule has 1 aromatic carbocycles. The Labute approximate surface area is 191 Å². The lowest BCUT2D eigenvalue weighted by molar-refractivity contribution is -0.117. The number of nitrogens with one attached hydrogen (secondary N) is 3. The normalized spacial score (nSPS) is 22.6. The molecule has 1 aromatic heterocycles. The molecule has 0 bridgehead atoms. The third kappa shape index (κ3) is 4.31. The summed E-state index contributed by atoms with van der Waals surface area (Å²) in [6.07, 6.45) is 5.77. The van der Waals surface area contributed by atoms with Gasteiger partial charge < -0.3 is 19.9 Å². The average molecular weight is 452 g/mol. The van der Waals surface area contributed by atoms with Crippen molar-refractivity contribution in [1.82, 2.24) is 15.3 Å². The largest absolute Gasteiger partial charge is 0.444 e. The zero-order chi connectivity index (χ0) is 23.3. The van der Waals surface area contributed by atoms with Gasteiger partial charge in [0.1, 0.15) is 5.60 Å². The summed E-state index contributed by atoms with van der Waals surface area (Å²) in [6.45, 7) is 6.94. The fraction of sp³-hybridized carbons (Fsp3) is 0.500. The van der Waals surface area contributed by atoms with E-state index in [1.165, 1.54) is 0 Å². The zero-order valence-electron chi connectivity index (χ0n) is 19.1. The van der Waals surface area contributed by atoms with E-state index in [2.05, 4.69) is 20.8 Å². The van der Waals surface area contributed by atoms with E-state index in [0.29, 0.717) is 36.2 Å². The molecule has 3 amide bonds. The van der Waals surface area contributed by atoms with E-state index in [1.807, 2.05) is 26.8 Å². The highest BCUT2D eigenvalue weighted by atomic mass is 16.6. The highest BCUT2D eigenvalue weighted by molar-refractivity contribution is 6.15. The number of carbonyl (C=O) groups is 3. The minimum atomic E-state index is -0.496. The number of hydrogen-bond acceptors (Lipinski definition) is 5. The van der Waals surface area contributed by atoms with Crippen molar-refractivity contribution in [3.8, 4) is 0 Å². The molecular formula is C24H29N5O4. The van der Waals surface area contributed by atoms with Gasteiger partial charge in [0.2, 0.25) is 5.91 Å². The van der Waals surface area contributed by atoms with Crippen molar-refractivity contribution in [2.75, 3.05) is 18.4 Å². The standard InChI is InChI=1S/C24H29N5O4/c1-24(2,3)33-23(32)29-6-4-13(5-7-29)16-10-17(16)21(30)27-15-8-18-20-14(11-25-19(20)9-15)12-26-28-22(18)31/h8-9,11-13,16-17,25H,4-7,10H2,1-3H3,(H,27,30)(H,28,31). The first-order valence-electron chi connectivity index (χ1n) is 11.5. The number of likely N-dealkylation sites (tertiary alicyclic amines) is 1. The van der Waals surface area contributed by atoms with Crippen LogP contribution in [-0.2, 0) is 9.53 Å². The van der Waals surface area contributed by atoms with Crippen LogP contribution >= 0.6 is 0 Å². The number of hydrogen-bond donors (Lipinski definition) is 3. The van der Waals surface area contributed by atoms with Gasteiger partial charge >= 0.3 is 6.09 Å². The Hall–Kier alpha value is -3.36. The second kappa shape index (κ2) is 7.90. The predicted molar refractivity (Wildman–Crippen MR) is 124 cm³/mol. The smallest absolute Gasteiger partial charge is 0.410 e. The molecule has 9 nitrogen and oxygen atoms in total. The van der Waals surface area contributed by atoms with Crippen LogP contribution in [0.2, 0.25) is 0 Å². The van der Waals surface area contributed by atoms with E-state index in [0.717, 1.165) is 35.7 Å². The minimum Gasteiger partial charge on any atom is -0.444 e. The molecule has 33 heavy (non-hydrogen) atoms. The number of aromatic amines is 1. The summed E-state index contributed by atoms with van der Waals surface area (Å²) < 4.78 is 5.47. The van der Waals surface area contributed by atoms with Crippen LogP contribution in [0.25, 0.3) is 10.9 Å². The van der Waals surface area contributed by atoms with Gasteiger partial charge in [0.25, 0.3) is 5.91 Å². The molecule has 174 valence electrons. The Morgan fingerprint density at radius 3 is 2.70 bits per heavy atom. The SMILES string of the molecule is CC(C)(C)OC(=O)N1CCC(C2CC2C(=O)Nc2cc3c4c(c[nH]c4c2)C=NNC3=O)CC1. The number of ether oxygens (including phenoxy) is 1. The minimum absolute atomic E-state index is 0.0156. The molecule has 0 spiro atoms. The van der Waals surface area contributed by atoms with Gasteiger partial charge in [0, 0.05) is 47.4 Å². The Bertz CT molecular complexity index is 1150. The van der Waals surface area contributed by atoms with Crippen molar-refractivity contribution in [2.24, 2.45) is 22.9 Å². The van der Waals surface area contributed by atoms with Crippen molar-refractivity contribution in [3.05, 3.63) is 29.5 Å². The quantitative estimate of drug-likeness (QED) is 0.663. The van der Waals surface area contributed by atoms with Crippen molar-refractivity contribution < 1.29 is 19.1 Å². The third-order valence-corrected chi connectivity index (χ3v) is 6.67. The van der Waals surface area contributed by atoms with E-state index in [9.17, 15) is 14.4 Å². The molecule has 3 N–H and O–H groups in total. The highest BCUT2D eigenvalue weighted by Crippen LogP contribution is 2.48. The van der Waals surface area contributed by atoms with Crippen molar-refractivity contribution in [2.45, 2.75) is 45.6 Å². The van der Waals surface area contributed by atoms with E-state index < -0.39 is 5.60 Å². The fourth-order valence-corrected chi connectivity index (χ4v) is 4.98. The molecule has 2 unspecified atom stereocenters. The van der Waals surface area contributed by atoms with Crippen LogP contribution in [-0.4, -0.2) is 52.7 Å². The maximum atomic E-state index is 12.9. The first-order valence-corrected chi connectivity index (χ1v) is 11.5. The van der Waals surface area contributed by atoms with Gasteiger partial charge in [-0.15, -0.1) is 0 Å². The molecule has 3 heterocycles. The first kappa shape index (κ1) is 21.5. The lowest BCUT2D eigenvalue weighted by atomic mass is 9.91. The van der Waals surface area contributed by atoms with Gasteiger partial charge in [0.15, 0.2) is 0 Å². The maximum Gasteiger partial charge on any atom is 0.410 e. The number of carbonyl (C=O) groups excluding carboxylic acids is 3. The van der Waals surface area contributed by atoms with Crippen LogP contribution in [0.3, 0.4) is 0 Å². The number of H-pyrrole nitrogens is 1. The van der Waals surface area contributed by atoms with Crippen LogP contribution in [0.5, 0.6) is 0 Å². The molecule has 2 aliphatic heterocycles. The van der Waals surface area contributed by atoms with Crippen LogP contribution in [0.1, 0.15) is 56.0 Å². The second-order valence-electron chi connectivity index (χ2n) is 10.2. The molecule has 2 fully saturated rings. The second-order valence-corrected chi connectivity index (χ2v) is 10.2. The predicted octanol–water partition coefficient (Wildman–Crippen LogP) is 3.47. The number of nitrogens with zero attached hydrogens (tertiary/aromatic N) is 2. The number of benzene rings is 1. The third-order valence-electron chi connectivity index (χ3n) is 6.67. The van der Waals surface area contributed by atoms with E-state index in [1.54, 1.807) is 23.4 Å². The molecule has 1 aliphatic carbocycles. The van der Waals surface area contributed by atoms with Crippen LogP contribution in [0.15, 0.2) is 23.4 Å². The molecule has 5 rings (SSSR count). The number of aromatic nitrogens is 1. The zero-order valence-corrected chi connectivity index (χ0v) is 19.1. The lowest BCUT2D eigenvalue weighted by Crippen LogP contribution is -2.42. The summed E-state index contributed by atoms with van der Waals surface area (Å²) in [5.41, 5.74) is 4.69. The Balaban J connectivity index is 1.19. The number of hydrazone groups is 1. The average Bonchev–Trinajstić information content (AvgIpc) is 3.49. The van der Waals surface area contributed by atoms with Crippen LogP contribution in [0, 0.1) is 17.8 Å². The van der Waals surface area contributed by atoms with E-state index in [-0.39, 0.29) is 23.8 Å². The van der Waals surface area contributed by atoms with Crippen molar-refractivity contribution in [1.29, 1.82) is 0 Å². The van der Waals surface area contributed by atoms with Crippen molar-refractivity contribution in [3.63, 3.8) is 0 Å². The summed E-state index contributed by atoms with van der Waals surface area (Å²) in [5.74, 6) is 0.421. The number of rotatable bonds is 3. The monoisotopic (exact) mass is 451 g/mol. The van der Waals surface area contributed by atoms with E-state index >= 15 is 0 Å². The van der Waals surface area contributed by atoms with E-state index in [4.69, 9.17) is 4.74 Å². The summed E-state index contributed by atoms with van der Waals surface area (Å²) in [7, 11) is 0. The molecule has 1 saturated heterocycles. The van der Waals surface area contributed by atoms with Gasteiger partial charge in [-0.1, -0.05) is 0 Å². The van der Waals surface area contributed by atoms with Crippen molar-refractivity contribution >= 4 is 40.7 Å². The number of piperidine rings is 1. The van der Waals surface area contributed by atoms with Crippen LogP contribution < -0.4 is 10.7 Å². The first-order chi connectivity index (χ1) is 15.7.